The van der Waals surface area contributed by atoms with E-state index in [1.807, 2.05) is 6.92 Å². The summed E-state index contributed by atoms with van der Waals surface area (Å²) in [6, 6.07) is 3.26. The van der Waals surface area contributed by atoms with Gasteiger partial charge in [0.25, 0.3) is 11.1 Å². The lowest BCUT2D eigenvalue weighted by Gasteiger charge is -2.08. The Morgan fingerprint density at radius 2 is 2.19 bits per heavy atom. The van der Waals surface area contributed by atoms with E-state index in [9.17, 15) is 9.59 Å². The molecule has 2 aromatic rings. The summed E-state index contributed by atoms with van der Waals surface area (Å²) in [6.45, 7) is 2.59. The van der Waals surface area contributed by atoms with Crippen LogP contribution in [0.25, 0.3) is 11.2 Å². The summed E-state index contributed by atoms with van der Waals surface area (Å²) in [5.41, 5.74) is 1.17. The van der Waals surface area contributed by atoms with Gasteiger partial charge < -0.3 is 0 Å². The predicted octanol–water partition coefficient (Wildman–Crippen LogP) is 0.523. The van der Waals surface area contributed by atoms with Gasteiger partial charge in [-0.25, -0.2) is 4.98 Å². The molecular weight excluding hydrogens is 206 g/mol. The van der Waals surface area contributed by atoms with E-state index < -0.39 is 0 Å². The quantitative estimate of drug-likeness (QED) is 0.699. The van der Waals surface area contributed by atoms with Crippen LogP contribution in [-0.4, -0.2) is 14.1 Å². The molecule has 0 amide bonds. The Kier molecular flexibility index (Phi) is 1.77. The minimum atomic E-state index is -0.136. The molecule has 2 aromatic heterocycles. The van der Waals surface area contributed by atoms with Crippen LogP contribution in [0.15, 0.2) is 27.9 Å². The third kappa shape index (κ3) is 1.02. The van der Waals surface area contributed by atoms with Gasteiger partial charge in [-0.15, -0.1) is 0 Å². The van der Waals surface area contributed by atoms with Crippen molar-refractivity contribution < 1.29 is 0 Å². The zero-order valence-corrected chi connectivity index (χ0v) is 8.88. The van der Waals surface area contributed by atoms with Gasteiger partial charge in [-0.2, -0.15) is 0 Å². The maximum absolute atomic E-state index is 11.8. The number of pyridine rings is 1. The molecule has 0 radical (unpaired) electrons. The first-order valence-electron chi connectivity index (χ1n) is 5.33. The molecule has 1 aliphatic heterocycles. The van der Waals surface area contributed by atoms with Crippen LogP contribution >= 0.6 is 0 Å². The topological polar surface area (TPSA) is 56.9 Å². The van der Waals surface area contributed by atoms with Gasteiger partial charge in [-0.05, 0) is 12.5 Å². The number of aromatic nitrogens is 3. The Morgan fingerprint density at radius 3 is 2.94 bits per heavy atom. The predicted molar refractivity (Wildman–Crippen MR) is 59.6 cm³/mol. The van der Waals surface area contributed by atoms with Gasteiger partial charge in [0.15, 0.2) is 0 Å². The second-order valence-electron chi connectivity index (χ2n) is 4.02. The molecule has 3 rings (SSSR count). The summed E-state index contributed by atoms with van der Waals surface area (Å²) in [4.78, 5) is 27.5. The van der Waals surface area contributed by atoms with E-state index >= 15 is 0 Å². The average molecular weight is 217 g/mol. The molecule has 0 bridgehead atoms. The van der Waals surface area contributed by atoms with E-state index in [0.29, 0.717) is 17.7 Å². The highest BCUT2D eigenvalue weighted by molar-refractivity contribution is 5.71. The highest BCUT2D eigenvalue weighted by atomic mass is 16.1. The van der Waals surface area contributed by atoms with Crippen LogP contribution in [-0.2, 0) is 6.54 Å². The number of rotatable bonds is 1. The first-order valence-corrected chi connectivity index (χ1v) is 5.33. The Balaban J connectivity index is 2.54. The fourth-order valence-electron chi connectivity index (χ4n) is 2.33. The van der Waals surface area contributed by atoms with E-state index in [1.54, 1.807) is 15.2 Å². The van der Waals surface area contributed by atoms with Gasteiger partial charge in [0.2, 0.25) is 0 Å². The highest BCUT2D eigenvalue weighted by Crippen LogP contribution is 2.23. The van der Waals surface area contributed by atoms with Crippen molar-refractivity contribution in [2.24, 2.45) is 0 Å². The standard InChI is InChI=1S/C11H11N3O2/c1-2-7-6-13-10(16)5-12-8-3-4-9(15)14(7)11(8)13/h3-5,7H,2,6H2,1H3. The van der Waals surface area contributed by atoms with Crippen molar-refractivity contribution in [2.75, 3.05) is 0 Å². The molecular formula is C11H11N3O2. The minimum Gasteiger partial charge on any atom is -0.289 e. The molecule has 5 nitrogen and oxygen atoms in total. The summed E-state index contributed by atoms with van der Waals surface area (Å²) >= 11 is 0. The molecule has 0 aromatic carbocycles. The largest absolute Gasteiger partial charge is 0.289 e. The minimum absolute atomic E-state index is 0.0574. The monoisotopic (exact) mass is 217 g/mol. The molecule has 0 spiro atoms. The lowest BCUT2D eigenvalue weighted by atomic mass is 10.2. The third-order valence-corrected chi connectivity index (χ3v) is 3.14. The molecule has 0 N–H and O–H groups in total. The Hall–Kier alpha value is -1.91. The summed E-state index contributed by atoms with van der Waals surface area (Å²) in [7, 11) is 0. The summed E-state index contributed by atoms with van der Waals surface area (Å²) in [5.74, 6) is 0. The van der Waals surface area contributed by atoms with Crippen molar-refractivity contribution in [1.82, 2.24) is 14.1 Å². The lowest BCUT2D eigenvalue weighted by Crippen LogP contribution is -2.21. The van der Waals surface area contributed by atoms with Crippen molar-refractivity contribution in [3.05, 3.63) is 39.0 Å². The van der Waals surface area contributed by atoms with Crippen LogP contribution in [0.4, 0.5) is 0 Å². The SMILES string of the molecule is CCC1Cn2c(=O)cnc3ccc(=O)n1c32. The van der Waals surface area contributed by atoms with Gasteiger partial charge in [0.1, 0.15) is 11.2 Å². The maximum Gasteiger partial charge on any atom is 0.270 e. The lowest BCUT2D eigenvalue weighted by molar-refractivity contribution is 0.471. The number of nitrogens with zero attached hydrogens (tertiary/aromatic N) is 3. The average Bonchev–Trinajstić information content (AvgIpc) is 2.68. The van der Waals surface area contributed by atoms with Crippen LogP contribution in [0.5, 0.6) is 0 Å². The second kappa shape index (κ2) is 3.04. The van der Waals surface area contributed by atoms with Gasteiger partial charge >= 0.3 is 0 Å². The first kappa shape index (κ1) is 9.33. The normalized spacial score (nSPS) is 18.2. The van der Waals surface area contributed by atoms with Crippen molar-refractivity contribution in [3.63, 3.8) is 0 Å². The smallest absolute Gasteiger partial charge is 0.270 e. The molecule has 1 atom stereocenters. The van der Waals surface area contributed by atoms with Crippen LogP contribution < -0.4 is 11.1 Å². The van der Waals surface area contributed by atoms with Crippen LogP contribution in [0.2, 0.25) is 0 Å². The molecule has 0 fully saturated rings. The Labute approximate surface area is 91.0 Å². The Morgan fingerprint density at radius 1 is 1.38 bits per heavy atom. The number of hydrogen-bond acceptors (Lipinski definition) is 3. The van der Waals surface area contributed by atoms with Gasteiger partial charge in [0.05, 0.1) is 12.2 Å². The van der Waals surface area contributed by atoms with Crippen LogP contribution in [0, 0.1) is 0 Å². The van der Waals surface area contributed by atoms with Crippen LogP contribution in [0.3, 0.4) is 0 Å². The van der Waals surface area contributed by atoms with Crippen LogP contribution in [0.1, 0.15) is 19.4 Å². The van der Waals surface area contributed by atoms with Crippen molar-refractivity contribution >= 4 is 11.2 Å². The zero-order chi connectivity index (χ0) is 11.3. The van der Waals surface area contributed by atoms with Crippen molar-refractivity contribution in [3.8, 4) is 0 Å². The van der Waals surface area contributed by atoms with E-state index in [2.05, 4.69) is 4.98 Å². The summed E-state index contributed by atoms with van der Waals surface area (Å²) in [6.07, 6.45) is 2.15. The molecule has 16 heavy (non-hydrogen) atoms. The third-order valence-electron chi connectivity index (χ3n) is 3.14. The molecule has 0 aliphatic carbocycles. The fraction of sp³-hybridized carbons (Fsp3) is 0.364. The molecule has 5 heteroatoms. The molecule has 82 valence electrons. The fourth-order valence-corrected chi connectivity index (χ4v) is 2.33. The van der Waals surface area contributed by atoms with E-state index in [-0.39, 0.29) is 17.2 Å². The van der Waals surface area contributed by atoms with E-state index in [1.165, 1.54) is 12.3 Å². The summed E-state index contributed by atoms with van der Waals surface area (Å²) < 4.78 is 3.32. The summed E-state index contributed by atoms with van der Waals surface area (Å²) in [5, 5.41) is 0. The maximum atomic E-state index is 11.8. The second-order valence-corrected chi connectivity index (χ2v) is 4.02. The van der Waals surface area contributed by atoms with Crippen molar-refractivity contribution in [1.29, 1.82) is 0 Å². The molecule has 0 saturated heterocycles. The van der Waals surface area contributed by atoms with Gasteiger partial charge in [-0.3, -0.25) is 18.7 Å². The van der Waals surface area contributed by atoms with Gasteiger partial charge in [-0.1, -0.05) is 6.92 Å². The molecule has 0 saturated carbocycles. The van der Waals surface area contributed by atoms with Crippen molar-refractivity contribution in [2.45, 2.75) is 25.9 Å². The van der Waals surface area contributed by atoms with Gasteiger partial charge in [0, 0.05) is 12.6 Å². The van der Waals surface area contributed by atoms with E-state index in [0.717, 1.165) is 6.42 Å². The van der Waals surface area contributed by atoms with E-state index in [4.69, 9.17) is 0 Å². The molecule has 3 heterocycles. The first-order chi connectivity index (χ1) is 7.72. The molecule has 1 unspecified atom stereocenters. The Bertz CT molecular complexity index is 678. The number of hydrogen-bond donors (Lipinski definition) is 0. The zero-order valence-electron chi connectivity index (χ0n) is 8.88. The molecule has 1 aliphatic rings. The highest BCUT2D eigenvalue weighted by Gasteiger charge is 2.24.